The van der Waals surface area contributed by atoms with Crippen LogP contribution in [0.15, 0.2) is 49.1 Å². The first kappa shape index (κ1) is 12.3. The smallest absolute Gasteiger partial charge is 0.142 e. The van der Waals surface area contributed by atoms with E-state index in [1.165, 1.54) is 24.5 Å². The largest absolute Gasteiger partial charge is 0.346 e. The van der Waals surface area contributed by atoms with Gasteiger partial charge in [-0.05, 0) is 24.3 Å². The van der Waals surface area contributed by atoms with Gasteiger partial charge in [-0.1, -0.05) is 0 Å². The maximum atomic E-state index is 12.4. The minimum atomic E-state index is -0.299. The third kappa shape index (κ3) is 2.49. The second-order valence-electron chi connectivity index (χ2n) is 4.14. The molecule has 0 bridgehead atoms. The van der Waals surface area contributed by atoms with E-state index in [0.29, 0.717) is 0 Å². The maximum absolute atomic E-state index is 12.4. The summed E-state index contributed by atoms with van der Waals surface area (Å²) in [4.78, 5) is 13.4. The Morgan fingerprint density at radius 2 is 1.20 bits per heavy atom. The van der Waals surface area contributed by atoms with Crippen LogP contribution in [0.5, 0.6) is 0 Å². The molecule has 0 spiro atoms. The molecule has 20 heavy (non-hydrogen) atoms. The number of nitrogens with zero attached hydrogens (tertiary/aromatic N) is 2. The van der Waals surface area contributed by atoms with Crippen molar-refractivity contribution in [2.45, 2.75) is 0 Å². The number of rotatable bonds is 0. The van der Waals surface area contributed by atoms with Crippen LogP contribution < -0.4 is 0 Å². The van der Waals surface area contributed by atoms with Crippen molar-refractivity contribution in [1.82, 2.24) is 19.9 Å². The van der Waals surface area contributed by atoms with Crippen molar-refractivity contribution >= 4 is 22.1 Å². The minimum Gasteiger partial charge on any atom is -0.346 e. The number of H-pyrrole nitrogens is 2. The number of pyridine rings is 2. The Morgan fingerprint density at radius 1 is 0.750 bits per heavy atom. The zero-order valence-corrected chi connectivity index (χ0v) is 10.3. The fourth-order valence-electron chi connectivity index (χ4n) is 1.83. The van der Waals surface area contributed by atoms with E-state index in [4.69, 9.17) is 0 Å². The van der Waals surface area contributed by atoms with Crippen LogP contribution in [-0.4, -0.2) is 19.9 Å². The van der Waals surface area contributed by atoms with E-state index in [1.807, 2.05) is 0 Å². The Morgan fingerprint density at radius 3 is 1.65 bits per heavy atom. The summed E-state index contributed by atoms with van der Waals surface area (Å²) in [6, 6.07) is 6.45. The molecule has 2 N–H and O–H groups in total. The van der Waals surface area contributed by atoms with Crippen LogP contribution in [-0.2, 0) is 0 Å². The number of aromatic amines is 2. The first-order chi connectivity index (χ1) is 9.72. The molecule has 0 saturated heterocycles. The lowest BCUT2D eigenvalue weighted by Gasteiger charge is -1.86. The molecule has 6 heteroatoms. The number of fused-ring (bicyclic) bond motifs is 2. The lowest BCUT2D eigenvalue weighted by molar-refractivity contribution is 0.624. The van der Waals surface area contributed by atoms with Gasteiger partial charge in [0.2, 0.25) is 0 Å². The first-order valence-electron chi connectivity index (χ1n) is 5.89. The number of aromatic nitrogens is 4. The van der Waals surface area contributed by atoms with Gasteiger partial charge in [0.15, 0.2) is 0 Å². The van der Waals surface area contributed by atoms with Gasteiger partial charge in [-0.3, -0.25) is 0 Å². The van der Waals surface area contributed by atoms with Crippen molar-refractivity contribution in [3.63, 3.8) is 0 Å². The fraction of sp³-hybridized carbons (Fsp3) is 0. The quantitative estimate of drug-likeness (QED) is 0.515. The van der Waals surface area contributed by atoms with Gasteiger partial charge in [0.1, 0.15) is 22.9 Å². The average molecular weight is 272 g/mol. The highest BCUT2D eigenvalue weighted by Gasteiger charge is 1.95. The van der Waals surface area contributed by atoms with Crippen molar-refractivity contribution in [2.24, 2.45) is 0 Å². The second kappa shape index (κ2) is 5.08. The molecule has 0 radical (unpaired) electrons. The summed E-state index contributed by atoms with van der Waals surface area (Å²) >= 11 is 0. The second-order valence-corrected chi connectivity index (χ2v) is 4.14. The van der Waals surface area contributed by atoms with Crippen molar-refractivity contribution in [3.8, 4) is 0 Å². The molecule has 0 aromatic carbocycles. The SMILES string of the molecule is Fc1cnc2[nH]ccc2c1.Fc1cnc2[nH]ccc2c1. The molecule has 0 atom stereocenters. The van der Waals surface area contributed by atoms with E-state index in [0.717, 1.165) is 22.1 Å². The molecule has 4 nitrogen and oxygen atoms in total. The average Bonchev–Trinajstić information content (AvgIpc) is 3.06. The molecule has 100 valence electrons. The molecule has 0 aliphatic carbocycles. The van der Waals surface area contributed by atoms with Crippen LogP contribution in [0.25, 0.3) is 22.1 Å². The summed E-state index contributed by atoms with van der Waals surface area (Å²) in [7, 11) is 0. The Bertz CT molecular complexity index is 778. The Balaban J connectivity index is 0.000000121. The van der Waals surface area contributed by atoms with Gasteiger partial charge in [0.25, 0.3) is 0 Å². The predicted molar refractivity (Wildman–Crippen MR) is 72.1 cm³/mol. The van der Waals surface area contributed by atoms with Crippen molar-refractivity contribution in [2.75, 3.05) is 0 Å². The van der Waals surface area contributed by atoms with Gasteiger partial charge in [-0.25, -0.2) is 18.7 Å². The topological polar surface area (TPSA) is 57.4 Å². The van der Waals surface area contributed by atoms with E-state index in [9.17, 15) is 8.78 Å². The van der Waals surface area contributed by atoms with E-state index < -0.39 is 0 Å². The zero-order valence-electron chi connectivity index (χ0n) is 10.3. The summed E-state index contributed by atoms with van der Waals surface area (Å²) < 4.78 is 24.9. The third-order valence-corrected chi connectivity index (χ3v) is 2.73. The van der Waals surface area contributed by atoms with Crippen LogP contribution in [0.4, 0.5) is 8.78 Å². The van der Waals surface area contributed by atoms with Gasteiger partial charge in [-0.15, -0.1) is 0 Å². The maximum Gasteiger partial charge on any atom is 0.142 e. The van der Waals surface area contributed by atoms with E-state index in [2.05, 4.69) is 19.9 Å². The van der Waals surface area contributed by atoms with E-state index >= 15 is 0 Å². The number of halogens is 2. The molecule has 0 aliphatic heterocycles. The lowest BCUT2D eigenvalue weighted by atomic mass is 10.3. The van der Waals surface area contributed by atoms with Crippen LogP contribution >= 0.6 is 0 Å². The predicted octanol–water partition coefficient (Wildman–Crippen LogP) is 3.40. The van der Waals surface area contributed by atoms with Crippen LogP contribution in [0.1, 0.15) is 0 Å². The molecule has 0 amide bonds. The summed E-state index contributed by atoms with van der Waals surface area (Å²) in [6.45, 7) is 0. The third-order valence-electron chi connectivity index (χ3n) is 2.73. The van der Waals surface area contributed by atoms with Gasteiger partial charge < -0.3 is 9.97 Å². The van der Waals surface area contributed by atoms with Crippen LogP contribution in [0.3, 0.4) is 0 Å². The summed E-state index contributed by atoms with van der Waals surface area (Å²) in [5.41, 5.74) is 1.45. The molecule has 4 rings (SSSR count). The van der Waals surface area contributed by atoms with Gasteiger partial charge in [0, 0.05) is 23.2 Å². The summed E-state index contributed by atoms with van der Waals surface area (Å²) in [6.07, 6.45) is 5.85. The van der Waals surface area contributed by atoms with Crippen molar-refractivity contribution in [1.29, 1.82) is 0 Å². The van der Waals surface area contributed by atoms with E-state index in [1.54, 1.807) is 24.5 Å². The molecule has 0 saturated carbocycles. The van der Waals surface area contributed by atoms with Gasteiger partial charge >= 0.3 is 0 Å². The molecule has 4 aromatic rings. The number of hydrogen-bond acceptors (Lipinski definition) is 2. The lowest BCUT2D eigenvalue weighted by Crippen LogP contribution is -1.77. The van der Waals surface area contributed by atoms with Gasteiger partial charge in [0.05, 0.1) is 12.4 Å². The minimum absolute atomic E-state index is 0.299. The van der Waals surface area contributed by atoms with Crippen LogP contribution in [0.2, 0.25) is 0 Å². The number of hydrogen-bond donors (Lipinski definition) is 2. The highest BCUT2D eigenvalue weighted by Crippen LogP contribution is 2.10. The highest BCUT2D eigenvalue weighted by atomic mass is 19.1. The molecule has 0 aliphatic rings. The van der Waals surface area contributed by atoms with Crippen molar-refractivity contribution in [3.05, 3.63) is 60.7 Å². The molecular weight excluding hydrogens is 262 g/mol. The Hall–Kier alpha value is -2.76. The normalized spacial score (nSPS) is 10.5. The fourth-order valence-corrected chi connectivity index (χ4v) is 1.83. The molecule has 0 fully saturated rings. The van der Waals surface area contributed by atoms with Gasteiger partial charge in [-0.2, -0.15) is 0 Å². The molecule has 0 unspecified atom stereocenters. The Kier molecular flexibility index (Phi) is 3.12. The molecule has 4 aromatic heterocycles. The summed E-state index contributed by atoms with van der Waals surface area (Å²) in [5, 5.41) is 1.61. The summed E-state index contributed by atoms with van der Waals surface area (Å²) in [5.74, 6) is -0.598. The van der Waals surface area contributed by atoms with Crippen molar-refractivity contribution < 1.29 is 8.78 Å². The Labute approximate surface area is 112 Å². The first-order valence-corrected chi connectivity index (χ1v) is 5.89. The monoisotopic (exact) mass is 272 g/mol. The standard InChI is InChI=1S/2C7H5FN2/c2*8-6-3-5-1-2-9-7(5)10-4-6/h2*1-4H,(H,9,10). The highest BCUT2D eigenvalue weighted by molar-refractivity contribution is 5.75. The molecular formula is C14H10F2N4. The number of nitrogens with one attached hydrogen (secondary N) is 2. The van der Waals surface area contributed by atoms with Crippen LogP contribution in [0, 0.1) is 11.6 Å². The molecule has 4 heterocycles. The van der Waals surface area contributed by atoms with E-state index in [-0.39, 0.29) is 11.6 Å². The zero-order chi connectivity index (χ0) is 13.9.